The standard InChI is InChI=1S/C17H13ClN2O4/c18-13-4-1-12(2-5-13)3-8-17(21)19-9-10-24-16-7-6-14(20(22)23)11-15(16)19/h1-8,11H,9-10H2/b8-3+. The highest BCUT2D eigenvalue weighted by Gasteiger charge is 2.24. The molecule has 1 aliphatic rings. The van der Waals surface area contributed by atoms with Gasteiger partial charge >= 0.3 is 0 Å². The van der Waals surface area contributed by atoms with E-state index in [1.807, 2.05) is 0 Å². The van der Waals surface area contributed by atoms with Gasteiger partial charge in [-0.25, -0.2) is 0 Å². The van der Waals surface area contributed by atoms with Crippen molar-refractivity contribution in [2.24, 2.45) is 0 Å². The summed E-state index contributed by atoms with van der Waals surface area (Å²) in [5.41, 5.74) is 1.15. The lowest BCUT2D eigenvalue weighted by Gasteiger charge is -2.28. The minimum absolute atomic E-state index is 0.0845. The summed E-state index contributed by atoms with van der Waals surface area (Å²) in [5, 5.41) is 11.6. The Morgan fingerprint density at radius 3 is 2.71 bits per heavy atom. The highest BCUT2D eigenvalue weighted by Crippen LogP contribution is 2.35. The number of anilines is 1. The molecule has 0 radical (unpaired) electrons. The molecule has 2 aromatic rings. The number of halogens is 1. The third-order valence-corrected chi connectivity index (χ3v) is 3.82. The van der Waals surface area contributed by atoms with Crippen molar-refractivity contribution < 1.29 is 14.5 Å². The van der Waals surface area contributed by atoms with E-state index in [4.69, 9.17) is 16.3 Å². The molecule has 0 aromatic heterocycles. The number of hydrogen-bond donors (Lipinski definition) is 0. The minimum Gasteiger partial charge on any atom is -0.490 e. The number of benzene rings is 2. The number of carbonyl (C=O) groups is 1. The number of ether oxygens (including phenoxy) is 1. The molecule has 7 heteroatoms. The van der Waals surface area contributed by atoms with Crippen molar-refractivity contribution in [2.75, 3.05) is 18.1 Å². The van der Waals surface area contributed by atoms with Crippen LogP contribution in [0.25, 0.3) is 6.08 Å². The maximum absolute atomic E-state index is 12.5. The van der Waals surface area contributed by atoms with Crippen LogP contribution < -0.4 is 9.64 Å². The average molecular weight is 345 g/mol. The molecule has 24 heavy (non-hydrogen) atoms. The van der Waals surface area contributed by atoms with Crippen molar-refractivity contribution in [3.63, 3.8) is 0 Å². The van der Waals surface area contributed by atoms with E-state index in [-0.39, 0.29) is 11.6 Å². The van der Waals surface area contributed by atoms with E-state index in [0.29, 0.717) is 29.6 Å². The van der Waals surface area contributed by atoms with Crippen LogP contribution in [0.5, 0.6) is 5.75 Å². The fourth-order valence-electron chi connectivity index (χ4n) is 2.38. The van der Waals surface area contributed by atoms with Crippen molar-refractivity contribution in [1.82, 2.24) is 0 Å². The minimum atomic E-state index is -0.499. The highest BCUT2D eigenvalue weighted by molar-refractivity contribution is 6.30. The molecule has 122 valence electrons. The van der Waals surface area contributed by atoms with Crippen molar-refractivity contribution >= 4 is 35.0 Å². The zero-order valence-electron chi connectivity index (χ0n) is 12.5. The molecule has 6 nitrogen and oxygen atoms in total. The Morgan fingerprint density at radius 2 is 2.00 bits per heavy atom. The number of nitro groups is 1. The van der Waals surface area contributed by atoms with Gasteiger partial charge in [0.15, 0.2) is 0 Å². The molecule has 3 rings (SSSR count). The van der Waals surface area contributed by atoms with Crippen LogP contribution in [0.3, 0.4) is 0 Å². The van der Waals surface area contributed by atoms with Gasteiger partial charge in [0.05, 0.1) is 17.2 Å². The first-order valence-electron chi connectivity index (χ1n) is 7.21. The van der Waals surface area contributed by atoms with E-state index in [0.717, 1.165) is 5.56 Å². The molecule has 0 atom stereocenters. The van der Waals surface area contributed by atoms with Crippen LogP contribution in [-0.2, 0) is 4.79 Å². The first-order chi connectivity index (χ1) is 11.5. The lowest BCUT2D eigenvalue weighted by atomic mass is 10.2. The summed E-state index contributed by atoms with van der Waals surface area (Å²) in [6.07, 6.45) is 3.10. The van der Waals surface area contributed by atoms with Gasteiger partial charge in [0.25, 0.3) is 11.6 Å². The van der Waals surface area contributed by atoms with E-state index < -0.39 is 4.92 Å². The zero-order valence-corrected chi connectivity index (χ0v) is 13.3. The number of hydrogen-bond acceptors (Lipinski definition) is 4. The molecule has 0 bridgehead atoms. The molecular formula is C17H13ClN2O4. The number of fused-ring (bicyclic) bond motifs is 1. The normalized spacial score (nSPS) is 13.5. The van der Waals surface area contributed by atoms with Gasteiger partial charge in [-0.15, -0.1) is 0 Å². The molecular weight excluding hydrogens is 332 g/mol. The number of carbonyl (C=O) groups excluding carboxylic acids is 1. The van der Waals surface area contributed by atoms with Gasteiger partial charge in [-0.2, -0.15) is 0 Å². The zero-order chi connectivity index (χ0) is 17.1. The fraction of sp³-hybridized carbons (Fsp3) is 0.118. The average Bonchev–Trinajstić information content (AvgIpc) is 2.60. The predicted molar refractivity (Wildman–Crippen MR) is 91.4 cm³/mol. The molecule has 0 unspecified atom stereocenters. The predicted octanol–water partition coefficient (Wildman–Crippen LogP) is 3.69. The Balaban J connectivity index is 1.85. The Labute approximate surface area is 143 Å². The third-order valence-electron chi connectivity index (χ3n) is 3.57. The largest absolute Gasteiger partial charge is 0.490 e. The van der Waals surface area contributed by atoms with Crippen LogP contribution in [0.15, 0.2) is 48.5 Å². The van der Waals surface area contributed by atoms with E-state index in [9.17, 15) is 14.9 Å². The van der Waals surface area contributed by atoms with E-state index in [1.54, 1.807) is 30.3 Å². The van der Waals surface area contributed by atoms with Crippen molar-refractivity contribution in [2.45, 2.75) is 0 Å². The van der Waals surface area contributed by atoms with E-state index in [2.05, 4.69) is 0 Å². The van der Waals surface area contributed by atoms with Gasteiger partial charge < -0.3 is 9.64 Å². The number of non-ortho nitro benzene ring substituents is 1. The molecule has 0 spiro atoms. The fourth-order valence-corrected chi connectivity index (χ4v) is 2.51. The first kappa shape index (κ1) is 16.0. The lowest BCUT2D eigenvalue weighted by Crippen LogP contribution is -2.36. The van der Waals surface area contributed by atoms with Crippen LogP contribution >= 0.6 is 11.6 Å². The molecule has 0 fully saturated rings. The molecule has 0 saturated heterocycles. The molecule has 0 N–H and O–H groups in total. The highest BCUT2D eigenvalue weighted by atomic mass is 35.5. The molecule has 0 aliphatic carbocycles. The maximum Gasteiger partial charge on any atom is 0.271 e. The maximum atomic E-state index is 12.5. The molecule has 0 saturated carbocycles. The van der Waals surface area contributed by atoms with Gasteiger partial charge in [-0.3, -0.25) is 14.9 Å². The Bertz CT molecular complexity index is 818. The Morgan fingerprint density at radius 1 is 1.25 bits per heavy atom. The number of amides is 1. The molecule has 1 aliphatic heterocycles. The van der Waals surface area contributed by atoms with Crippen LogP contribution in [0.1, 0.15) is 5.56 Å². The second-order valence-corrected chi connectivity index (χ2v) is 5.57. The summed E-state index contributed by atoms with van der Waals surface area (Å²) in [7, 11) is 0. The summed E-state index contributed by atoms with van der Waals surface area (Å²) in [5.74, 6) is 0.190. The quantitative estimate of drug-likeness (QED) is 0.483. The monoisotopic (exact) mass is 344 g/mol. The van der Waals surface area contributed by atoms with Crippen LogP contribution in [0.4, 0.5) is 11.4 Å². The van der Waals surface area contributed by atoms with Gasteiger partial charge in [0.1, 0.15) is 12.4 Å². The van der Waals surface area contributed by atoms with E-state index in [1.165, 1.54) is 29.2 Å². The summed E-state index contributed by atoms with van der Waals surface area (Å²) >= 11 is 5.82. The van der Waals surface area contributed by atoms with Crippen LogP contribution in [0.2, 0.25) is 5.02 Å². The van der Waals surface area contributed by atoms with Crippen molar-refractivity contribution in [1.29, 1.82) is 0 Å². The number of nitro benzene ring substituents is 1. The number of rotatable bonds is 3. The summed E-state index contributed by atoms with van der Waals surface area (Å²) < 4.78 is 5.46. The Kier molecular flexibility index (Phi) is 4.48. The summed E-state index contributed by atoms with van der Waals surface area (Å²) in [6, 6.07) is 11.3. The van der Waals surface area contributed by atoms with E-state index >= 15 is 0 Å². The van der Waals surface area contributed by atoms with Crippen molar-refractivity contribution in [3.05, 3.63) is 69.2 Å². The Hall–Kier alpha value is -2.86. The third kappa shape index (κ3) is 3.38. The van der Waals surface area contributed by atoms with Gasteiger partial charge in [-0.1, -0.05) is 23.7 Å². The summed E-state index contributed by atoms with van der Waals surface area (Å²) in [4.78, 5) is 24.4. The SMILES string of the molecule is O=C(/C=C/c1ccc(Cl)cc1)N1CCOc2ccc([N+](=O)[O-])cc21. The lowest BCUT2D eigenvalue weighted by molar-refractivity contribution is -0.384. The second kappa shape index (κ2) is 6.72. The summed E-state index contributed by atoms with van der Waals surface area (Å²) in [6.45, 7) is 0.670. The molecule has 1 heterocycles. The molecule has 1 amide bonds. The van der Waals surface area contributed by atoms with Crippen LogP contribution in [0, 0.1) is 10.1 Å². The first-order valence-corrected chi connectivity index (χ1v) is 7.59. The topological polar surface area (TPSA) is 72.7 Å². The smallest absolute Gasteiger partial charge is 0.271 e. The van der Waals surface area contributed by atoms with Crippen molar-refractivity contribution in [3.8, 4) is 5.75 Å². The van der Waals surface area contributed by atoms with Crippen LogP contribution in [-0.4, -0.2) is 24.0 Å². The second-order valence-electron chi connectivity index (χ2n) is 5.13. The van der Waals surface area contributed by atoms with Gasteiger partial charge in [0, 0.05) is 23.2 Å². The van der Waals surface area contributed by atoms with Gasteiger partial charge in [-0.05, 0) is 29.8 Å². The number of nitrogens with zero attached hydrogens (tertiary/aromatic N) is 2. The molecule has 2 aromatic carbocycles. The van der Waals surface area contributed by atoms with Gasteiger partial charge in [0.2, 0.25) is 0 Å².